The number of halogens is 1. The van der Waals surface area contributed by atoms with E-state index < -0.39 is 0 Å². The normalized spacial score (nSPS) is 9.87. The SMILES string of the molecule is N#CCCCCOCc1cccc(Br)c1. The van der Waals surface area contributed by atoms with Crippen LogP contribution in [0.15, 0.2) is 28.7 Å². The second kappa shape index (κ2) is 7.44. The zero-order valence-electron chi connectivity index (χ0n) is 8.58. The molecule has 1 aromatic carbocycles. The van der Waals surface area contributed by atoms with Crippen LogP contribution in [0.4, 0.5) is 0 Å². The van der Waals surface area contributed by atoms with Crippen molar-refractivity contribution >= 4 is 15.9 Å². The molecule has 0 aromatic heterocycles. The molecule has 0 aliphatic heterocycles. The molecule has 15 heavy (non-hydrogen) atoms. The Morgan fingerprint density at radius 3 is 2.93 bits per heavy atom. The van der Waals surface area contributed by atoms with E-state index in [0.29, 0.717) is 13.0 Å². The molecule has 0 radical (unpaired) electrons. The van der Waals surface area contributed by atoms with E-state index in [-0.39, 0.29) is 0 Å². The van der Waals surface area contributed by atoms with Crippen molar-refractivity contribution in [2.75, 3.05) is 6.61 Å². The van der Waals surface area contributed by atoms with Crippen molar-refractivity contribution in [3.05, 3.63) is 34.3 Å². The Balaban J connectivity index is 2.13. The topological polar surface area (TPSA) is 33.0 Å². The maximum atomic E-state index is 8.34. The minimum Gasteiger partial charge on any atom is -0.377 e. The summed E-state index contributed by atoms with van der Waals surface area (Å²) < 4.78 is 6.57. The van der Waals surface area contributed by atoms with Crippen LogP contribution in [0, 0.1) is 11.3 Å². The Hall–Kier alpha value is -0.850. The molecule has 0 heterocycles. The highest BCUT2D eigenvalue weighted by atomic mass is 79.9. The highest BCUT2D eigenvalue weighted by molar-refractivity contribution is 9.10. The predicted molar refractivity (Wildman–Crippen MR) is 63.3 cm³/mol. The largest absolute Gasteiger partial charge is 0.377 e. The molecule has 0 aliphatic rings. The fourth-order valence-corrected chi connectivity index (χ4v) is 1.67. The van der Waals surface area contributed by atoms with Crippen LogP contribution in [0.1, 0.15) is 24.8 Å². The van der Waals surface area contributed by atoms with E-state index in [2.05, 4.69) is 28.1 Å². The molecule has 0 bridgehead atoms. The van der Waals surface area contributed by atoms with E-state index in [1.807, 2.05) is 18.2 Å². The van der Waals surface area contributed by atoms with Gasteiger partial charge in [0.1, 0.15) is 0 Å². The van der Waals surface area contributed by atoms with Crippen LogP contribution in [-0.2, 0) is 11.3 Å². The number of ether oxygens (including phenoxy) is 1. The Morgan fingerprint density at radius 2 is 2.20 bits per heavy atom. The summed E-state index contributed by atoms with van der Waals surface area (Å²) in [6.07, 6.45) is 2.51. The first-order valence-corrected chi connectivity index (χ1v) is 5.81. The summed E-state index contributed by atoms with van der Waals surface area (Å²) in [7, 11) is 0. The number of benzene rings is 1. The smallest absolute Gasteiger partial charge is 0.0717 e. The summed E-state index contributed by atoms with van der Waals surface area (Å²) in [4.78, 5) is 0. The summed E-state index contributed by atoms with van der Waals surface area (Å²) >= 11 is 3.41. The van der Waals surface area contributed by atoms with Gasteiger partial charge in [-0.1, -0.05) is 28.1 Å². The summed E-state index contributed by atoms with van der Waals surface area (Å²) in [5, 5.41) is 8.34. The summed E-state index contributed by atoms with van der Waals surface area (Å²) in [6.45, 7) is 1.38. The lowest BCUT2D eigenvalue weighted by molar-refractivity contribution is 0.117. The van der Waals surface area contributed by atoms with Crippen LogP contribution < -0.4 is 0 Å². The average Bonchev–Trinajstić information content (AvgIpc) is 2.23. The van der Waals surface area contributed by atoms with Crippen molar-refractivity contribution in [3.63, 3.8) is 0 Å². The highest BCUT2D eigenvalue weighted by Gasteiger charge is 1.94. The van der Waals surface area contributed by atoms with Gasteiger partial charge >= 0.3 is 0 Å². The van der Waals surface area contributed by atoms with Crippen LogP contribution in [0.2, 0.25) is 0 Å². The molecule has 1 aromatic rings. The van der Waals surface area contributed by atoms with Crippen LogP contribution in [-0.4, -0.2) is 6.61 Å². The van der Waals surface area contributed by atoms with E-state index >= 15 is 0 Å². The molecule has 0 saturated heterocycles. The third kappa shape index (κ3) is 5.56. The maximum absolute atomic E-state index is 8.34. The van der Waals surface area contributed by atoms with Gasteiger partial charge in [-0.15, -0.1) is 0 Å². The number of hydrogen-bond donors (Lipinski definition) is 0. The summed E-state index contributed by atoms with van der Waals surface area (Å²) in [5.41, 5.74) is 1.17. The first-order valence-electron chi connectivity index (χ1n) is 5.02. The molecule has 0 atom stereocenters. The standard InChI is InChI=1S/C12H14BrNO/c13-12-6-4-5-11(9-12)10-15-8-3-1-2-7-14/h4-6,9H,1-3,8,10H2. The van der Waals surface area contributed by atoms with E-state index in [0.717, 1.165) is 23.9 Å². The van der Waals surface area contributed by atoms with E-state index in [4.69, 9.17) is 10.00 Å². The maximum Gasteiger partial charge on any atom is 0.0717 e. The second-order valence-corrected chi connectivity index (χ2v) is 4.21. The molecule has 1 rings (SSSR count). The third-order valence-corrected chi connectivity index (χ3v) is 2.48. The van der Waals surface area contributed by atoms with Crippen molar-refractivity contribution in [3.8, 4) is 6.07 Å². The Bertz CT molecular complexity index is 333. The molecular weight excluding hydrogens is 254 g/mol. The van der Waals surface area contributed by atoms with Crippen molar-refractivity contribution in [1.29, 1.82) is 5.26 Å². The molecule has 0 aliphatic carbocycles. The monoisotopic (exact) mass is 267 g/mol. The van der Waals surface area contributed by atoms with Crippen molar-refractivity contribution in [2.24, 2.45) is 0 Å². The number of rotatable bonds is 6. The zero-order valence-corrected chi connectivity index (χ0v) is 10.2. The fourth-order valence-electron chi connectivity index (χ4n) is 1.22. The van der Waals surface area contributed by atoms with E-state index in [9.17, 15) is 0 Å². The van der Waals surface area contributed by atoms with Gasteiger partial charge in [-0.2, -0.15) is 5.26 Å². The first kappa shape index (κ1) is 12.2. The Morgan fingerprint density at radius 1 is 1.33 bits per heavy atom. The molecule has 3 heteroatoms. The third-order valence-electron chi connectivity index (χ3n) is 1.99. The van der Waals surface area contributed by atoms with Gasteiger partial charge in [0.05, 0.1) is 12.7 Å². The minimum atomic E-state index is 0.625. The molecule has 0 fully saturated rings. The molecule has 0 amide bonds. The molecule has 0 saturated carbocycles. The average molecular weight is 268 g/mol. The van der Waals surface area contributed by atoms with E-state index in [1.54, 1.807) is 0 Å². The molecule has 0 unspecified atom stereocenters. The van der Waals surface area contributed by atoms with Gasteiger partial charge in [0.15, 0.2) is 0 Å². The molecular formula is C12H14BrNO. The van der Waals surface area contributed by atoms with Gasteiger partial charge in [-0.25, -0.2) is 0 Å². The van der Waals surface area contributed by atoms with E-state index in [1.165, 1.54) is 5.56 Å². The lowest BCUT2D eigenvalue weighted by Crippen LogP contribution is -1.95. The second-order valence-electron chi connectivity index (χ2n) is 3.30. The van der Waals surface area contributed by atoms with Crippen molar-refractivity contribution < 1.29 is 4.74 Å². The fraction of sp³-hybridized carbons (Fsp3) is 0.417. The van der Waals surface area contributed by atoms with Crippen LogP contribution >= 0.6 is 15.9 Å². The number of nitrogens with zero attached hydrogens (tertiary/aromatic N) is 1. The van der Waals surface area contributed by atoms with Gasteiger partial charge in [0, 0.05) is 17.5 Å². The first-order chi connectivity index (χ1) is 7.33. The van der Waals surface area contributed by atoms with Crippen LogP contribution in [0.3, 0.4) is 0 Å². The van der Waals surface area contributed by atoms with Crippen LogP contribution in [0.25, 0.3) is 0 Å². The molecule has 0 N–H and O–H groups in total. The number of unbranched alkanes of at least 4 members (excludes halogenated alkanes) is 2. The Kier molecular flexibility index (Phi) is 6.06. The lowest BCUT2D eigenvalue weighted by Gasteiger charge is -2.03. The van der Waals surface area contributed by atoms with Gasteiger partial charge in [-0.3, -0.25) is 0 Å². The number of nitriles is 1. The number of hydrogen-bond acceptors (Lipinski definition) is 2. The minimum absolute atomic E-state index is 0.625. The Labute approximate surface area is 99.0 Å². The van der Waals surface area contributed by atoms with Gasteiger partial charge < -0.3 is 4.74 Å². The quantitative estimate of drug-likeness (QED) is 0.737. The van der Waals surface area contributed by atoms with Crippen molar-refractivity contribution in [1.82, 2.24) is 0 Å². The molecule has 0 spiro atoms. The molecule has 80 valence electrons. The van der Waals surface area contributed by atoms with Crippen molar-refractivity contribution in [2.45, 2.75) is 25.9 Å². The van der Waals surface area contributed by atoms with Crippen LogP contribution in [0.5, 0.6) is 0 Å². The van der Waals surface area contributed by atoms with Gasteiger partial charge in [-0.05, 0) is 30.5 Å². The highest BCUT2D eigenvalue weighted by Crippen LogP contribution is 2.12. The summed E-state index contributed by atoms with van der Waals surface area (Å²) in [6, 6.07) is 10.2. The molecule has 2 nitrogen and oxygen atoms in total. The zero-order chi connectivity index (χ0) is 10.9. The lowest BCUT2D eigenvalue weighted by atomic mass is 10.2. The predicted octanol–water partition coefficient (Wildman–Crippen LogP) is 3.66. The van der Waals surface area contributed by atoms with Gasteiger partial charge in [0.25, 0.3) is 0 Å². The van der Waals surface area contributed by atoms with Gasteiger partial charge in [0.2, 0.25) is 0 Å². The summed E-state index contributed by atoms with van der Waals surface area (Å²) in [5.74, 6) is 0.